The van der Waals surface area contributed by atoms with Gasteiger partial charge in [0.2, 0.25) is 5.91 Å². The van der Waals surface area contributed by atoms with E-state index in [1.165, 1.54) is 11.8 Å². The molecule has 0 unspecified atom stereocenters. The Morgan fingerprint density at radius 1 is 1.37 bits per heavy atom. The third-order valence-electron chi connectivity index (χ3n) is 4.56. The number of halogens is 1. The number of nitro groups is 1. The molecule has 0 radical (unpaired) electrons. The smallest absolute Gasteiger partial charge is 0.271 e. The van der Waals surface area contributed by atoms with Gasteiger partial charge >= 0.3 is 0 Å². The number of carbonyl (C=O) groups excluding carboxylic acids is 1. The summed E-state index contributed by atoms with van der Waals surface area (Å²) in [6, 6.07) is 3.12. The van der Waals surface area contributed by atoms with Gasteiger partial charge < -0.3 is 9.88 Å². The highest BCUT2D eigenvalue weighted by Gasteiger charge is 2.22. The lowest BCUT2D eigenvalue weighted by atomic mass is 10.2. The van der Waals surface area contributed by atoms with E-state index < -0.39 is 16.6 Å². The van der Waals surface area contributed by atoms with E-state index in [4.69, 9.17) is 0 Å². The minimum Gasteiger partial charge on any atom is -0.323 e. The van der Waals surface area contributed by atoms with Crippen LogP contribution in [-0.2, 0) is 11.3 Å². The summed E-state index contributed by atoms with van der Waals surface area (Å²) in [6.45, 7) is 4.92. The van der Waals surface area contributed by atoms with Gasteiger partial charge in [-0.2, -0.15) is 0 Å². The lowest BCUT2D eigenvalue weighted by Gasteiger charge is -2.23. The van der Waals surface area contributed by atoms with Crippen LogP contribution in [0.5, 0.6) is 0 Å². The van der Waals surface area contributed by atoms with Crippen molar-refractivity contribution in [2.45, 2.75) is 50.9 Å². The third kappa shape index (κ3) is 5.99. The van der Waals surface area contributed by atoms with E-state index in [-0.39, 0.29) is 23.2 Å². The minimum absolute atomic E-state index is 0.0227. The van der Waals surface area contributed by atoms with Crippen molar-refractivity contribution in [3.05, 3.63) is 40.0 Å². The molecule has 1 heterocycles. The summed E-state index contributed by atoms with van der Waals surface area (Å²) in [4.78, 5) is 24.6. The molecule has 0 aliphatic rings. The van der Waals surface area contributed by atoms with Gasteiger partial charge in [-0.25, -0.2) is 4.39 Å². The van der Waals surface area contributed by atoms with E-state index in [2.05, 4.69) is 34.3 Å². The number of thioether (sulfide) groups is 1. The molecular formula is C19H27FN6O3S. The maximum absolute atomic E-state index is 13.9. The number of nitrogens with zero attached hydrogens (tertiary/aromatic N) is 5. The van der Waals surface area contributed by atoms with Gasteiger partial charge in [-0.1, -0.05) is 32.0 Å². The molecule has 2 aromatic rings. The van der Waals surface area contributed by atoms with Crippen molar-refractivity contribution >= 4 is 29.0 Å². The lowest BCUT2D eigenvalue weighted by Crippen LogP contribution is -2.23. The van der Waals surface area contributed by atoms with Crippen molar-refractivity contribution in [1.29, 1.82) is 0 Å². The molecule has 9 nitrogen and oxygen atoms in total. The first-order chi connectivity index (χ1) is 14.3. The fourth-order valence-electron chi connectivity index (χ4n) is 3.00. The number of nitro benzene ring substituents is 1. The molecule has 0 fully saturated rings. The fraction of sp³-hybridized carbons (Fsp3) is 0.526. The van der Waals surface area contributed by atoms with E-state index in [0.717, 1.165) is 49.8 Å². The van der Waals surface area contributed by atoms with Crippen molar-refractivity contribution < 1.29 is 14.1 Å². The summed E-state index contributed by atoms with van der Waals surface area (Å²) in [6.07, 6.45) is 2.83. The quantitative estimate of drug-likeness (QED) is 0.322. The second-order valence-electron chi connectivity index (χ2n) is 6.99. The van der Waals surface area contributed by atoms with Gasteiger partial charge in [-0.05, 0) is 33.0 Å². The first-order valence-corrected chi connectivity index (χ1v) is 10.7. The monoisotopic (exact) mass is 438 g/mol. The van der Waals surface area contributed by atoms with E-state index in [9.17, 15) is 19.3 Å². The zero-order chi connectivity index (χ0) is 22.3. The Morgan fingerprint density at radius 2 is 2.10 bits per heavy atom. The predicted molar refractivity (Wildman–Crippen MR) is 114 cm³/mol. The molecule has 1 amide bonds. The van der Waals surface area contributed by atoms with Gasteiger partial charge in [0.25, 0.3) is 5.69 Å². The van der Waals surface area contributed by atoms with Crippen LogP contribution in [0, 0.1) is 15.9 Å². The van der Waals surface area contributed by atoms with Crippen molar-refractivity contribution in [3.8, 4) is 0 Å². The van der Waals surface area contributed by atoms with Crippen LogP contribution in [0.3, 0.4) is 0 Å². The Labute approximate surface area is 179 Å². The highest BCUT2D eigenvalue weighted by molar-refractivity contribution is 7.99. The minimum atomic E-state index is -0.732. The van der Waals surface area contributed by atoms with Gasteiger partial charge in [0.05, 0.1) is 22.4 Å². The van der Waals surface area contributed by atoms with Crippen LogP contribution in [0.4, 0.5) is 15.8 Å². The largest absolute Gasteiger partial charge is 0.323 e. The number of unbranched alkanes of at least 4 members (excludes halogenated alkanes) is 1. The molecule has 164 valence electrons. The molecule has 1 N–H and O–H groups in total. The number of carbonyl (C=O) groups is 1. The number of non-ortho nitro benzene ring substituents is 1. The van der Waals surface area contributed by atoms with Crippen molar-refractivity contribution in [2.24, 2.45) is 0 Å². The van der Waals surface area contributed by atoms with Crippen molar-refractivity contribution in [3.63, 3.8) is 0 Å². The standard InChI is InChI=1S/C19H27FN6O3S/c1-5-7-10-25-18(16(6-2)24(3)4)22-23-19(25)30-12-17(27)21-15-11-13(26(28)29)8-9-14(15)20/h8-9,11,16H,5-7,10,12H2,1-4H3,(H,21,27)/t16-/m1/s1. The molecule has 1 aromatic heterocycles. The van der Waals surface area contributed by atoms with Crippen LogP contribution in [0.1, 0.15) is 45.0 Å². The molecule has 0 spiro atoms. The Kier molecular flexibility index (Phi) is 8.72. The van der Waals surface area contributed by atoms with Crippen LogP contribution in [-0.4, -0.2) is 50.3 Å². The van der Waals surface area contributed by atoms with Crippen LogP contribution >= 0.6 is 11.8 Å². The van der Waals surface area contributed by atoms with Gasteiger partial charge in [0.1, 0.15) is 5.82 Å². The van der Waals surface area contributed by atoms with Crippen LogP contribution in [0.15, 0.2) is 23.4 Å². The number of nitrogens with one attached hydrogen (secondary N) is 1. The molecular weight excluding hydrogens is 411 g/mol. The van der Waals surface area contributed by atoms with Gasteiger partial charge in [-0.15, -0.1) is 10.2 Å². The zero-order valence-corrected chi connectivity index (χ0v) is 18.4. The predicted octanol–water partition coefficient (Wildman–Crippen LogP) is 3.87. The van der Waals surface area contributed by atoms with Gasteiger partial charge in [0, 0.05) is 18.7 Å². The summed E-state index contributed by atoms with van der Waals surface area (Å²) in [7, 11) is 3.97. The summed E-state index contributed by atoms with van der Waals surface area (Å²) in [5.41, 5.74) is -0.515. The Balaban J connectivity index is 2.13. The summed E-state index contributed by atoms with van der Waals surface area (Å²) in [5.74, 6) is -0.385. The first kappa shape index (κ1) is 23.7. The molecule has 1 aromatic carbocycles. The molecule has 30 heavy (non-hydrogen) atoms. The first-order valence-electron chi connectivity index (χ1n) is 9.74. The molecule has 0 saturated carbocycles. The molecule has 0 bridgehead atoms. The lowest BCUT2D eigenvalue weighted by molar-refractivity contribution is -0.384. The number of aromatic nitrogens is 3. The topological polar surface area (TPSA) is 106 Å². The SMILES string of the molecule is CCCCn1c(SCC(=O)Nc2cc([N+](=O)[O-])ccc2F)nnc1[C@@H](CC)N(C)C. The van der Waals surface area contributed by atoms with Crippen molar-refractivity contribution in [2.75, 3.05) is 25.2 Å². The van der Waals surface area contributed by atoms with Gasteiger partial charge in [-0.3, -0.25) is 19.8 Å². The Bertz CT molecular complexity index is 889. The third-order valence-corrected chi connectivity index (χ3v) is 5.52. The van der Waals surface area contributed by atoms with E-state index in [1.807, 2.05) is 18.7 Å². The van der Waals surface area contributed by atoms with Crippen molar-refractivity contribution in [1.82, 2.24) is 19.7 Å². The average molecular weight is 439 g/mol. The van der Waals surface area contributed by atoms with E-state index in [0.29, 0.717) is 5.16 Å². The maximum atomic E-state index is 13.9. The molecule has 2 rings (SSSR count). The molecule has 11 heteroatoms. The second-order valence-corrected chi connectivity index (χ2v) is 7.93. The van der Waals surface area contributed by atoms with E-state index >= 15 is 0 Å². The maximum Gasteiger partial charge on any atom is 0.271 e. The number of amides is 1. The average Bonchev–Trinajstić information content (AvgIpc) is 3.09. The molecule has 1 atom stereocenters. The second kappa shape index (κ2) is 11.0. The normalized spacial score (nSPS) is 12.2. The van der Waals surface area contributed by atoms with Gasteiger partial charge in [0.15, 0.2) is 11.0 Å². The number of hydrogen-bond acceptors (Lipinski definition) is 7. The molecule has 0 aliphatic carbocycles. The fourth-order valence-corrected chi connectivity index (χ4v) is 3.77. The Hall–Kier alpha value is -2.53. The van der Waals surface area contributed by atoms with Crippen LogP contribution < -0.4 is 5.32 Å². The number of rotatable bonds is 11. The molecule has 0 saturated heterocycles. The summed E-state index contributed by atoms with van der Waals surface area (Å²) < 4.78 is 15.9. The summed E-state index contributed by atoms with van der Waals surface area (Å²) >= 11 is 1.20. The highest BCUT2D eigenvalue weighted by Crippen LogP contribution is 2.26. The number of hydrogen-bond donors (Lipinski definition) is 1. The number of benzene rings is 1. The van der Waals surface area contributed by atoms with E-state index in [1.54, 1.807) is 0 Å². The molecule has 0 aliphatic heterocycles. The summed E-state index contributed by atoms with van der Waals surface area (Å²) in [5, 5.41) is 22.5. The zero-order valence-electron chi connectivity index (χ0n) is 17.6. The Morgan fingerprint density at radius 3 is 2.70 bits per heavy atom. The number of anilines is 1. The van der Waals surface area contributed by atoms with Crippen LogP contribution in [0.25, 0.3) is 0 Å². The van der Waals surface area contributed by atoms with Crippen LogP contribution in [0.2, 0.25) is 0 Å². The highest BCUT2D eigenvalue weighted by atomic mass is 32.2.